The standard InChI is InChI=1S/C25H26N4O6/c1-34-21-9-5-8-18-16(21)12-19(27-18)24(32)26-13-23(31)29-20(25(33)35-2)10-14-11-22(30)28-17-7-4-3-6-15(14)17/h3-9,12,14,20,27H,10-11,13H2,1-2H3,(H,26,32)(H,28,30)(H,29,31). The van der Waals surface area contributed by atoms with Gasteiger partial charge in [0.25, 0.3) is 5.91 Å². The summed E-state index contributed by atoms with van der Waals surface area (Å²) in [5, 5.41) is 8.72. The molecule has 0 spiro atoms. The van der Waals surface area contributed by atoms with Gasteiger partial charge in [-0.05, 0) is 42.2 Å². The fraction of sp³-hybridized carbons (Fsp3) is 0.280. The SMILES string of the molecule is COC(=O)C(CC1CC(=O)Nc2ccccc21)NC(=O)CNC(=O)c1cc2c(OC)cccc2[nH]1. The largest absolute Gasteiger partial charge is 0.496 e. The smallest absolute Gasteiger partial charge is 0.328 e. The summed E-state index contributed by atoms with van der Waals surface area (Å²) < 4.78 is 10.2. The average Bonchev–Trinajstić information content (AvgIpc) is 3.31. The Kier molecular flexibility index (Phi) is 7.00. The molecule has 10 nitrogen and oxygen atoms in total. The minimum absolute atomic E-state index is 0.161. The number of para-hydroxylation sites is 1. The van der Waals surface area contributed by atoms with Crippen LogP contribution in [0.15, 0.2) is 48.5 Å². The average molecular weight is 479 g/mol. The third-order valence-corrected chi connectivity index (χ3v) is 5.95. The molecule has 1 aliphatic heterocycles. The molecule has 0 aliphatic carbocycles. The number of carbonyl (C=O) groups excluding carboxylic acids is 4. The molecule has 2 unspecified atom stereocenters. The number of amides is 3. The van der Waals surface area contributed by atoms with Crippen molar-refractivity contribution in [3.8, 4) is 5.75 Å². The first-order valence-corrected chi connectivity index (χ1v) is 11.1. The van der Waals surface area contributed by atoms with E-state index in [1.807, 2.05) is 24.3 Å². The summed E-state index contributed by atoms with van der Waals surface area (Å²) in [6.07, 6.45) is 0.361. The number of H-pyrrole nitrogens is 1. The molecular formula is C25H26N4O6. The van der Waals surface area contributed by atoms with Crippen molar-refractivity contribution >= 4 is 40.3 Å². The zero-order valence-electron chi connectivity index (χ0n) is 19.3. The number of carbonyl (C=O) groups is 4. The lowest BCUT2D eigenvalue weighted by atomic mass is 9.85. The molecule has 4 rings (SSSR count). The molecule has 2 aromatic carbocycles. The van der Waals surface area contributed by atoms with Gasteiger partial charge in [-0.1, -0.05) is 24.3 Å². The van der Waals surface area contributed by atoms with Crippen LogP contribution >= 0.6 is 0 Å². The lowest BCUT2D eigenvalue weighted by molar-refractivity contribution is -0.145. The van der Waals surface area contributed by atoms with Crippen LogP contribution in [0.1, 0.15) is 34.8 Å². The molecule has 0 saturated heterocycles. The minimum Gasteiger partial charge on any atom is -0.496 e. The van der Waals surface area contributed by atoms with Crippen molar-refractivity contribution in [3.05, 3.63) is 59.8 Å². The molecule has 182 valence electrons. The molecule has 0 fully saturated rings. The molecule has 10 heteroatoms. The monoisotopic (exact) mass is 478 g/mol. The summed E-state index contributed by atoms with van der Waals surface area (Å²) in [6.45, 7) is -0.347. The van der Waals surface area contributed by atoms with Gasteiger partial charge in [-0.25, -0.2) is 4.79 Å². The predicted molar refractivity (Wildman–Crippen MR) is 128 cm³/mol. The summed E-state index contributed by atoms with van der Waals surface area (Å²) in [5.74, 6) is -1.49. The number of aromatic nitrogens is 1. The van der Waals surface area contributed by atoms with Crippen LogP contribution in [0.2, 0.25) is 0 Å². The Hall–Kier alpha value is -4.34. The van der Waals surface area contributed by atoms with Gasteiger partial charge in [0.15, 0.2) is 0 Å². The Morgan fingerprint density at radius 1 is 1.11 bits per heavy atom. The predicted octanol–water partition coefficient (Wildman–Crippen LogP) is 2.08. The second kappa shape index (κ2) is 10.3. The number of nitrogens with one attached hydrogen (secondary N) is 4. The first-order chi connectivity index (χ1) is 16.9. The van der Waals surface area contributed by atoms with Gasteiger partial charge in [0.1, 0.15) is 17.5 Å². The van der Waals surface area contributed by atoms with Crippen LogP contribution in [0.5, 0.6) is 5.75 Å². The maximum atomic E-state index is 12.6. The Balaban J connectivity index is 1.40. The van der Waals surface area contributed by atoms with Crippen LogP contribution in [-0.4, -0.2) is 55.5 Å². The topological polar surface area (TPSA) is 139 Å². The van der Waals surface area contributed by atoms with Gasteiger partial charge in [0, 0.05) is 23.0 Å². The lowest BCUT2D eigenvalue weighted by Gasteiger charge is -2.28. The Labute approximate surface area is 201 Å². The third-order valence-electron chi connectivity index (χ3n) is 5.95. The zero-order valence-corrected chi connectivity index (χ0v) is 19.3. The van der Waals surface area contributed by atoms with Gasteiger partial charge in [0.2, 0.25) is 11.8 Å². The van der Waals surface area contributed by atoms with Crippen LogP contribution in [0.3, 0.4) is 0 Å². The molecule has 0 radical (unpaired) electrons. The first-order valence-electron chi connectivity index (χ1n) is 11.1. The molecule has 2 heterocycles. The van der Waals surface area contributed by atoms with E-state index < -0.39 is 23.8 Å². The van der Waals surface area contributed by atoms with E-state index in [1.54, 1.807) is 31.4 Å². The Bertz CT molecular complexity index is 1280. The van der Waals surface area contributed by atoms with Crippen LogP contribution in [0.4, 0.5) is 5.69 Å². The highest BCUT2D eigenvalue weighted by Gasteiger charge is 2.31. The van der Waals surface area contributed by atoms with E-state index in [-0.39, 0.29) is 36.9 Å². The maximum absolute atomic E-state index is 12.6. The fourth-order valence-corrected chi connectivity index (χ4v) is 4.28. The van der Waals surface area contributed by atoms with Crippen molar-refractivity contribution in [1.82, 2.24) is 15.6 Å². The molecule has 4 N–H and O–H groups in total. The van der Waals surface area contributed by atoms with E-state index in [0.717, 1.165) is 16.5 Å². The van der Waals surface area contributed by atoms with E-state index in [9.17, 15) is 19.2 Å². The van der Waals surface area contributed by atoms with Crippen LogP contribution in [-0.2, 0) is 19.1 Å². The number of benzene rings is 2. The molecule has 0 bridgehead atoms. The molecule has 3 aromatic rings. The van der Waals surface area contributed by atoms with Gasteiger partial charge in [0.05, 0.1) is 20.8 Å². The number of hydrogen-bond acceptors (Lipinski definition) is 6. The molecule has 1 aromatic heterocycles. The summed E-state index contributed by atoms with van der Waals surface area (Å²) >= 11 is 0. The summed E-state index contributed by atoms with van der Waals surface area (Å²) in [6, 6.07) is 13.4. The van der Waals surface area contributed by atoms with Gasteiger partial charge in [-0.3, -0.25) is 14.4 Å². The number of methoxy groups -OCH3 is 2. The van der Waals surface area contributed by atoms with Crippen molar-refractivity contribution < 1.29 is 28.7 Å². The van der Waals surface area contributed by atoms with Gasteiger partial charge in [-0.15, -0.1) is 0 Å². The molecule has 0 saturated carbocycles. The van der Waals surface area contributed by atoms with E-state index in [1.165, 1.54) is 7.11 Å². The van der Waals surface area contributed by atoms with Crippen molar-refractivity contribution in [2.45, 2.75) is 24.8 Å². The lowest BCUT2D eigenvalue weighted by Crippen LogP contribution is -2.47. The van der Waals surface area contributed by atoms with Crippen molar-refractivity contribution in [1.29, 1.82) is 0 Å². The molecule has 1 aliphatic rings. The van der Waals surface area contributed by atoms with E-state index >= 15 is 0 Å². The van der Waals surface area contributed by atoms with E-state index in [2.05, 4.69) is 20.9 Å². The molecule has 3 amide bonds. The molecule has 2 atom stereocenters. The van der Waals surface area contributed by atoms with E-state index in [4.69, 9.17) is 9.47 Å². The van der Waals surface area contributed by atoms with Crippen molar-refractivity contribution in [2.75, 3.05) is 26.1 Å². The normalized spacial score (nSPS) is 15.5. The Morgan fingerprint density at radius 2 is 1.91 bits per heavy atom. The minimum atomic E-state index is -0.981. The quantitative estimate of drug-likeness (QED) is 0.366. The van der Waals surface area contributed by atoms with E-state index in [0.29, 0.717) is 11.4 Å². The van der Waals surface area contributed by atoms with Crippen LogP contribution in [0, 0.1) is 0 Å². The molecular weight excluding hydrogens is 452 g/mol. The summed E-state index contributed by atoms with van der Waals surface area (Å²) in [5.41, 5.74) is 2.57. The van der Waals surface area contributed by atoms with Gasteiger partial charge in [-0.2, -0.15) is 0 Å². The van der Waals surface area contributed by atoms with Crippen LogP contribution < -0.4 is 20.7 Å². The van der Waals surface area contributed by atoms with Gasteiger partial charge >= 0.3 is 5.97 Å². The number of anilines is 1. The number of esters is 1. The second-order valence-electron chi connectivity index (χ2n) is 8.20. The third kappa shape index (κ3) is 5.26. The Morgan fingerprint density at radius 3 is 2.69 bits per heavy atom. The van der Waals surface area contributed by atoms with Gasteiger partial charge < -0.3 is 30.4 Å². The number of rotatable bonds is 8. The maximum Gasteiger partial charge on any atom is 0.328 e. The highest BCUT2D eigenvalue weighted by atomic mass is 16.5. The van der Waals surface area contributed by atoms with Crippen molar-refractivity contribution in [2.24, 2.45) is 0 Å². The highest BCUT2D eigenvalue weighted by Crippen LogP contribution is 2.35. The first kappa shape index (κ1) is 23.8. The number of hydrogen-bond donors (Lipinski definition) is 4. The fourth-order valence-electron chi connectivity index (χ4n) is 4.28. The second-order valence-corrected chi connectivity index (χ2v) is 8.20. The number of ether oxygens (including phenoxy) is 2. The van der Waals surface area contributed by atoms with Crippen molar-refractivity contribution in [3.63, 3.8) is 0 Å². The molecule has 35 heavy (non-hydrogen) atoms. The highest BCUT2D eigenvalue weighted by molar-refractivity contribution is 6.01. The zero-order chi connectivity index (χ0) is 24.9. The summed E-state index contributed by atoms with van der Waals surface area (Å²) in [4.78, 5) is 52.7. The number of fused-ring (bicyclic) bond motifs is 2. The summed E-state index contributed by atoms with van der Waals surface area (Å²) in [7, 11) is 2.77. The number of aromatic amines is 1. The van der Waals surface area contributed by atoms with Crippen LogP contribution in [0.25, 0.3) is 10.9 Å².